The first-order valence-corrected chi connectivity index (χ1v) is 12.4. The third-order valence-electron chi connectivity index (χ3n) is 6.51. The minimum Gasteiger partial charge on any atom is -0.497 e. The number of nitrogens with zero attached hydrogens (tertiary/aromatic N) is 4. The summed E-state index contributed by atoms with van der Waals surface area (Å²) >= 11 is 6.41. The molecule has 2 aromatic heterocycles. The lowest BCUT2D eigenvalue weighted by Gasteiger charge is -2.25. The summed E-state index contributed by atoms with van der Waals surface area (Å²) in [6, 6.07) is 12.1. The van der Waals surface area contributed by atoms with E-state index >= 15 is 0 Å². The molecule has 0 bridgehead atoms. The van der Waals surface area contributed by atoms with Gasteiger partial charge in [-0.15, -0.1) is 0 Å². The maximum Gasteiger partial charge on any atom is 0.255 e. The first-order chi connectivity index (χ1) is 18.3. The maximum atomic E-state index is 13.4. The Bertz CT molecular complexity index is 1490. The smallest absolute Gasteiger partial charge is 0.255 e. The number of H-pyrrole nitrogens is 1. The molecule has 0 saturated heterocycles. The van der Waals surface area contributed by atoms with E-state index in [0.29, 0.717) is 45.8 Å². The van der Waals surface area contributed by atoms with E-state index in [0.717, 1.165) is 11.1 Å². The van der Waals surface area contributed by atoms with Gasteiger partial charge >= 0.3 is 0 Å². The Morgan fingerprint density at radius 1 is 1.18 bits per heavy atom. The number of aromatic amines is 1. The van der Waals surface area contributed by atoms with Crippen molar-refractivity contribution in [2.45, 2.75) is 32.5 Å². The van der Waals surface area contributed by atoms with Gasteiger partial charge in [0.05, 0.1) is 41.9 Å². The molecule has 0 saturated carbocycles. The van der Waals surface area contributed by atoms with E-state index in [1.54, 1.807) is 37.4 Å². The number of rotatable bonds is 8. The fourth-order valence-electron chi connectivity index (χ4n) is 4.33. The van der Waals surface area contributed by atoms with Gasteiger partial charge in [-0.3, -0.25) is 14.7 Å². The highest BCUT2D eigenvalue weighted by atomic mass is 35.5. The van der Waals surface area contributed by atoms with Gasteiger partial charge in [-0.25, -0.2) is 9.97 Å². The summed E-state index contributed by atoms with van der Waals surface area (Å²) in [5.74, 6) is 0.594. The number of carbonyl (C=O) groups is 2. The lowest BCUT2D eigenvalue weighted by atomic mass is 10.0. The predicted octanol–water partition coefficient (Wildman–Crippen LogP) is 4.49. The van der Waals surface area contributed by atoms with Crippen molar-refractivity contribution < 1.29 is 14.3 Å². The molecule has 3 heterocycles. The number of methoxy groups -OCH3 is 1. The van der Waals surface area contributed by atoms with E-state index in [1.165, 1.54) is 6.20 Å². The number of benzene rings is 2. The molecular formula is C27H26ClN7O3. The van der Waals surface area contributed by atoms with Crippen LogP contribution >= 0.6 is 11.6 Å². The molecule has 3 N–H and O–H groups in total. The number of hydrogen-bond acceptors (Lipinski definition) is 7. The van der Waals surface area contributed by atoms with Crippen molar-refractivity contribution in [2.24, 2.45) is 0 Å². The van der Waals surface area contributed by atoms with Crippen molar-refractivity contribution in [3.63, 3.8) is 0 Å². The largest absolute Gasteiger partial charge is 0.497 e. The minimum absolute atomic E-state index is 0.222. The number of carbonyl (C=O) groups excluding carboxylic acids is 2. The topological polar surface area (TPSA) is 125 Å². The Morgan fingerprint density at radius 3 is 2.79 bits per heavy atom. The second kappa shape index (κ2) is 10.5. The first kappa shape index (κ1) is 25.2. The lowest BCUT2D eigenvalue weighted by Crippen LogP contribution is -2.45. The van der Waals surface area contributed by atoms with Gasteiger partial charge < -0.3 is 20.3 Å². The second-order valence-electron chi connectivity index (χ2n) is 8.99. The molecular weight excluding hydrogens is 506 g/mol. The van der Waals surface area contributed by atoms with Gasteiger partial charge in [0.2, 0.25) is 11.9 Å². The average molecular weight is 532 g/mol. The van der Waals surface area contributed by atoms with Crippen LogP contribution in [0.3, 0.4) is 0 Å². The van der Waals surface area contributed by atoms with Crippen LogP contribution in [-0.2, 0) is 11.3 Å². The molecule has 2 amide bonds. The summed E-state index contributed by atoms with van der Waals surface area (Å²) in [6.07, 6.45) is 4.79. The van der Waals surface area contributed by atoms with Crippen LogP contribution in [0.4, 0.5) is 11.6 Å². The van der Waals surface area contributed by atoms with Crippen molar-refractivity contribution in [1.29, 1.82) is 0 Å². The van der Waals surface area contributed by atoms with Gasteiger partial charge in [0.25, 0.3) is 5.91 Å². The zero-order valence-corrected chi connectivity index (χ0v) is 21.8. The van der Waals surface area contributed by atoms with E-state index in [4.69, 9.17) is 16.3 Å². The third-order valence-corrected chi connectivity index (χ3v) is 6.79. The molecule has 0 radical (unpaired) electrons. The molecule has 2 aromatic carbocycles. The number of hydrogen-bond donors (Lipinski definition) is 3. The van der Waals surface area contributed by atoms with Crippen LogP contribution in [0, 0.1) is 0 Å². The highest BCUT2D eigenvalue weighted by Gasteiger charge is 2.34. The fourth-order valence-corrected chi connectivity index (χ4v) is 4.53. The molecule has 5 rings (SSSR count). The van der Waals surface area contributed by atoms with E-state index in [1.807, 2.05) is 43.3 Å². The number of fused-ring (bicyclic) bond motifs is 1. The van der Waals surface area contributed by atoms with E-state index in [-0.39, 0.29) is 17.9 Å². The highest BCUT2D eigenvalue weighted by Crippen LogP contribution is 2.32. The van der Waals surface area contributed by atoms with Gasteiger partial charge in [0.1, 0.15) is 11.8 Å². The summed E-state index contributed by atoms with van der Waals surface area (Å²) in [4.78, 5) is 36.8. The van der Waals surface area contributed by atoms with Crippen LogP contribution in [-0.4, -0.2) is 50.0 Å². The van der Waals surface area contributed by atoms with Crippen LogP contribution in [0.1, 0.15) is 41.4 Å². The zero-order chi connectivity index (χ0) is 26.8. The van der Waals surface area contributed by atoms with E-state index < -0.39 is 6.04 Å². The van der Waals surface area contributed by atoms with Crippen molar-refractivity contribution in [2.75, 3.05) is 12.4 Å². The van der Waals surface area contributed by atoms with Crippen LogP contribution in [0.25, 0.3) is 11.3 Å². The molecule has 4 aromatic rings. The Balaban J connectivity index is 1.32. The van der Waals surface area contributed by atoms with Gasteiger partial charge in [0, 0.05) is 23.9 Å². The summed E-state index contributed by atoms with van der Waals surface area (Å²) in [7, 11) is 1.60. The molecule has 194 valence electrons. The third kappa shape index (κ3) is 5.03. The maximum absolute atomic E-state index is 13.4. The average Bonchev–Trinajstić information content (AvgIpc) is 3.56. The first-order valence-electron chi connectivity index (χ1n) is 12.0. The quantitative estimate of drug-likeness (QED) is 0.306. The van der Waals surface area contributed by atoms with Crippen molar-refractivity contribution in [3.8, 4) is 17.0 Å². The highest BCUT2D eigenvalue weighted by molar-refractivity contribution is 6.33. The summed E-state index contributed by atoms with van der Waals surface area (Å²) < 4.78 is 5.28. The fraction of sp³-hybridized carbons (Fsp3) is 0.222. The summed E-state index contributed by atoms with van der Waals surface area (Å²) in [5, 5.41) is 13.0. The number of ether oxygens (including phenoxy) is 1. The Kier molecular flexibility index (Phi) is 6.97. The molecule has 2 atom stereocenters. The monoisotopic (exact) mass is 531 g/mol. The number of anilines is 2. The van der Waals surface area contributed by atoms with Crippen LogP contribution in [0.5, 0.6) is 5.75 Å². The Hall–Kier alpha value is -4.44. The molecule has 1 aliphatic heterocycles. The Labute approximate surface area is 224 Å². The normalized spacial score (nSPS) is 14.1. The number of amides is 2. The SMILES string of the molecule is COc1cccc([C@@H](C)NC(=O)[C@@H](C)N2Cc3ccc(-c4nc(Nc5cn[nH]c5)ncc4Cl)cc3C2=O)c1. The number of nitrogens with one attached hydrogen (secondary N) is 3. The van der Waals surface area contributed by atoms with E-state index in [9.17, 15) is 9.59 Å². The molecule has 0 unspecified atom stereocenters. The predicted molar refractivity (Wildman–Crippen MR) is 143 cm³/mol. The zero-order valence-electron chi connectivity index (χ0n) is 21.0. The number of halogens is 1. The van der Waals surface area contributed by atoms with Crippen LogP contribution < -0.4 is 15.4 Å². The second-order valence-corrected chi connectivity index (χ2v) is 9.40. The molecule has 0 aliphatic carbocycles. The number of aromatic nitrogens is 4. The molecule has 38 heavy (non-hydrogen) atoms. The van der Waals surface area contributed by atoms with Crippen LogP contribution in [0.2, 0.25) is 5.02 Å². The van der Waals surface area contributed by atoms with Gasteiger partial charge in [-0.05, 0) is 43.2 Å². The summed E-state index contributed by atoms with van der Waals surface area (Å²) in [5.41, 5.74) is 4.12. The van der Waals surface area contributed by atoms with E-state index in [2.05, 4.69) is 30.8 Å². The van der Waals surface area contributed by atoms with Crippen LogP contribution in [0.15, 0.2) is 61.1 Å². The molecule has 0 spiro atoms. The molecule has 1 aliphatic rings. The Morgan fingerprint density at radius 2 is 2.03 bits per heavy atom. The van der Waals surface area contributed by atoms with Crippen molar-refractivity contribution >= 4 is 35.1 Å². The minimum atomic E-state index is -0.667. The van der Waals surface area contributed by atoms with Gasteiger partial charge in [-0.1, -0.05) is 35.9 Å². The van der Waals surface area contributed by atoms with Crippen molar-refractivity contribution in [1.82, 2.24) is 30.4 Å². The van der Waals surface area contributed by atoms with Gasteiger partial charge in [0.15, 0.2) is 0 Å². The molecule has 0 fully saturated rings. The summed E-state index contributed by atoms with van der Waals surface area (Å²) in [6.45, 7) is 3.96. The molecule has 10 nitrogen and oxygen atoms in total. The van der Waals surface area contributed by atoms with Crippen molar-refractivity contribution in [3.05, 3.63) is 82.8 Å². The standard InChI is InChI=1S/C27H26ClN7O3/c1-15(17-5-4-6-21(9-17)38-3)32-25(36)16(2)35-14-19-8-7-18(10-22(19)26(35)37)24-23(28)13-29-27(34-24)33-20-11-30-31-12-20/h4-13,15-16H,14H2,1-3H3,(H,30,31)(H,32,36)(H,29,33,34)/t15-,16-/m1/s1. The van der Waals surface area contributed by atoms with Gasteiger partial charge in [-0.2, -0.15) is 5.10 Å². The molecule has 11 heteroatoms. The lowest BCUT2D eigenvalue weighted by molar-refractivity contribution is -0.125.